The molecule has 0 fully saturated rings. The molecule has 0 radical (unpaired) electrons. The van der Waals surface area contributed by atoms with Gasteiger partial charge in [0, 0.05) is 18.3 Å². The second-order valence-electron chi connectivity index (χ2n) is 2.23. The molecule has 0 spiro atoms. The number of aromatic amines is 1. The summed E-state index contributed by atoms with van der Waals surface area (Å²) < 4.78 is 0. The monoisotopic (exact) mass is 195 g/mol. The zero-order valence-electron chi connectivity index (χ0n) is 5.82. The van der Waals surface area contributed by atoms with Crippen LogP contribution in [0.4, 0.5) is 0 Å². The SMILES string of the molecule is N[C@@H](Cc1cnc[nH]1)C(=O)O.[KH]. The number of rotatable bonds is 3. The summed E-state index contributed by atoms with van der Waals surface area (Å²) in [5.74, 6) is -1.00. The number of nitrogens with one attached hydrogen (secondary N) is 1. The van der Waals surface area contributed by atoms with Crippen LogP contribution in [0.1, 0.15) is 5.69 Å². The number of nitrogens with zero attached hydrogens (tertiary/aromatic N) is 1. The Morgan fingerprint density at radius 2 is 2.50 bits per heavy atom. The molecule has 4 N–H and O–H groups in total. The van der Waals surface area contributed by atoms with Gasteiger partial charge in [0.2, 0.25) is 0 Å². The molecule has 0 aromatic carbocycles. The first kappa shape index (κ1) is 12.3. The molecule has 1 aromatic heterocycles. The van der Waals surface area contributed by atoms with Crippen molar-refractivity contribution in [2.75, 3.05) is 0 Å². The van der Waals surface area contributed by atoms with Crippen molar-refractivity contribution < 1.29 is 9.90 Å². The summed E-state index contributed by atoms with van der Waals surface area (Å²) in [6, 6.07) is -0.851. The number of carboxylic acids is 1. The minimum atomic E-state index is -1.00. The molecular formula is C6H10KN3O2. The summed E-state index contributed by atoms with van der Waals surface area (Å²) in [5, 5.41) is 8.42. The van der Waals surface area contributed by atoms with Crippen LogP contribution in [0.25, 0.3) is 0 Å². The molecule has 1 atom stereocenters. The van der Waals surface area contributed by atoms with E-state index >= 15 is 0 Å². The second kappa shape index (κ2) is 5.84. The van der Waals surface area contributed by atoms with Gasteiger partial charge in [-0.2, -0.15) is 0 Å². The Morgan fingerprint density at radius 3 is 2.92 bits per heavy atom. The van der Waals surface area contributed by atoms with E-state index in [9.17, 15) is 4.79 Å². The van der Waals surface area contributed by atoms with Gasteiger partial charge in [-0.25, -0.2) is 4.98 Å². The van der Waals surface area contributed by atoms with Crippen molar-refractivity contribution in [3.8, 4) is 0 Å². The molecule has 0 saturated heterocycles. The Labute approximate surface area is 112 Å². The Kier molecular flexibility index (Phi) is 5.98. The Balaban J connectivity index is 0.00000121. The van der Waals surface area contributed by atoms with Crippen LogP contribution < -0.4 is 5.73 Å². The van der Waals surface area contributed by atoms with Crippen LogP contribution in [-0.4, -0.2) is 78.5 Å². The van der Waals surface area contributed by atoms with E-state index in [4.69, 9.17) is 10.8 Å². The van der Waals surface area contributed by atoms with Gasteiger partial charge in [0.15, 0.2) is 0 Å². The molecule has 0 saturated carbocycles. The van der Waals surface area contributed by atoms with E-state index in [2.05, 4.69) is 9.97 Å². The van der Waals surface area contributed by atoms with Crippen molar-refractivity contribution in [1.29, 1.82) is 0 Å². The maximum atomic E-state index is 10.3. The molecule has 6 heteroatoms. The molecule has 0 unspecified atom stereocenters. The van der Waals surface area contributed by atoms with E-state index in [1.807, 2.05) is 0 Å². The van der Waals surface area contributed by atoms with Crippen LogP contribution in [0.15, 0.2) is 12.5 Å². The zero-order chi connectivity index (χ0) is 8.27. The van der Waals surface area contributed by atoms with Crippen molar-refractivity contribution in [1.82, 2.24) is 9.97 Å². The van der Waals surface area contributed by atoms with Gasteiger partial charge in [-0.3, -0.25) is 4.79 Å². The molecule has 12 heavy (non-hydrogen) atoms. The van der Waals surface area contributed by atoms with Gasteiger partial charge in [0.05, 0.1) is 6.33 Å². The van der Waals surface area contributed by atoms with E-state index in [1.54, 1.807) is 6.20 Å². The van der Waals surface area contributed by atoms with Crippen LogP contribution in [-0.2, 0) is 11.2 Å². The quantitative estimate of drug-likeness (QED) is 0.524. The van der Waals surface area contributed by atoms with Crippen LogP contribution in [0.2, 0.25) is 0 Å². The molecule has 1 rings (SSSR count). The molecule has 0 aliphatic carbocycles. The Hall–Kier alpha value is 0.276. The van der Waals surface area contributed by atoms with Gasteiger partial charge in [-0.15, -0.1) is 0 Å². The van der Waals surface area contributed by atoms with E-state index < -0.39 is 12.0 Å². The first-order valence-electron chi connectivity index (χ1n) is 3.16. The third-order valence-corrected chi connectivity index (χ3v) is 1.31. The second-order valence-corrected chi connectivity index (χ2v) is 2.23. The summed E-state index contributed by atoms with van der Waals surface area (Å²) >= 11 is 0. The molecule has 0 aliphatic rings. The van der Waals surface area contributed by atoms with E-state index in [1.165, 1.54) is 6.33 Å². The molecule has 5 nitrogen and oxygen atoms in total. The molecule has 1 aromatic rings. The molecule has 0 aliphatic heterocycles. The first-order valence-corrected chi connectivity index (χ1v) is 3.16. The van der Waals surface area contributed by atoms with Gasteiger partial charge in [-0.1, -0.05) is 0 Å². The molecule has 1 heterocycles. The summed E-state index contributed by atoms with van der Waals surface area (Å²) in [4.78, 5) is 16.8. The fraction of sp³-hybridized carbons (Fsp3) is 0.333. The molecular weight excluding hydrogens is 185 g/mol. The topological polar surface area (TPSA) is 92.0 Å². The first-order chi connectivity index (χ1) is 5.20. The Morgan fingerprint density at radius 1 is 1.83 bits per heavy atom. The number of H-pyrrole nitrogens is 1. The maximum absolute atomic E-state index is 10.3. The fourth-order valence-electron chi connectivity index (χ4n) is 0.721. The number of hydrogen-bond acceptors (Lipinski definition) is 3. The van der Waals surface area contributed by atoms with Crippen molar-refractivity contribution in [3.63, 3.8) is 0 Å². The van der Waals surface area contributed by atoms with Crippen LogP contribution in [0, 0.1) is 0 Å². The predicted octanol–water partition coefficient (Wildman–Crippen LogP) is -1.28. The van der Waals surface area contributed by atoms with Crippen molar-refractivity contribution >= 4 is 57.4 Å². The normalized spacial score (nSPS) is 11.8. The van der Waals surface area contributed by atoms with E-state index in [-0.39, 0.29) is 57.8 Å². The number of carbonyl (C=O) groups is 1. The summed E-state index contributed by atoms with van der Waals surface area (Å²) in [6.45, 7) is 0. The molecule has 0 amide bonds. The van der Waals surface area contributed by atoms with Crippen LogP contribution in [0.5, 0.6) is 0 Å². The standard InChI is InChI=1S/C6H9N3O2.K.H/c7-5(6(10)11)1-4-2-8-3-9-4;;/h2-3,5H,1,7H2,(H,8,9)(H,10,11);;/t5-;;/m0../s1. The van der Waals surface area contributed by atoms with E-state index in [0.717, 1.165) is 5.69 Å². The number of aromatic nitrogens is 2. The van der Waals surface area contributed by atoms with Crippen LogP contribution >= 0.6 is 0 Å². The van der Waals surface area contributed by atoms with Gasteiger partial charge in [0.1, 0.15) is 6.04 Å². The van der Waals surface area contributed by atoms with Gasteiger partial charge >= 0.3 is 57.4 Å². The van der Waals surface area contributed by atoms with Gasteiger partial charge < -0.3 is 15.8 Å². The molecule has 0 bridgehead atoms. The van der Waals surface area contributed by atoms with Crippen molar-refractivity contribution in [2.24, 2.45) is 5.73 Å². The average Bonchev–Trinajstić information content (AvgIpc) is 2.39. The zero-order valence-corrected chi connectivity index (χ0v) is 5.82. The van der Waals surface area contributed by atoms with Crippen LogP contribution in [0.3, 0.4) is 0 Å². The molecule has 62 valence electrons. The number of imidazole rings is 1. The van der Waals surface area contributed by atoms with Crippen molar-refractivity contribution in [2.45, 2.75) is 12.5 Å². The minimum absolute atomic E-state index is 0. The number of nitrogens with two attached hydrogens (primary N) is 1. The average molecular weight is 195 g/mol. The third kappa shape index (κ3) is 3.79. The number of hydrogen-bond donors (Lipinski definition) is 3. The van der Waals surface area contributed by atoms with Gasteiger partial charge in [-0.05, 0) is 0 Å². The van der Waals surface area contributed by atoms with Gasteiger partial charge in [0.25, 0.3) is 0 Å². The summed E-state index contributed by atoms with van der Waals surface area (Å²) in [7, 11) is 0. The predicted molar refractivity (Wildman–Crippen MR) is 45.1 cm³/mol. The number of carboxylic acid groups (broad SMARTS) is 1. The van der Waals surface area contributed by atoms with E-state index in [0.29, 0.717) is 0 Å². The Bertz CT molecular complexity index is 237. The summed E-state index contributed by atoms with van der Waals surface area (Å²) in [5.41, 5.74) is 6.00. The third-order valence-electron chi connectivity index (χ3n) is 1.31. The fourth-order valence-corrected chi connectivity index (χ4v) is 0.721. The van der Waals surface area contributed by atoms with Crippen molar-refractivity contribution in [3.05, 3.63) is 18.2 Å². The number of aliphatic carboxylic acids is 1. The summed E-state index contributed by atoms with van der Waals surface area (Å²) in [6.07, 6.45) is 3.34.